The monoisotopic (exact) mass is 384 g/mol. The van der Waals surface area contributed by atoms with Crippen LogP contribution in [0.15, 0.2) is 73.1 Å². The second kappa shape index (κ2) is 6.98. The molecule has 5 rings (SSSR count). The first-order chi connectivity index (χ1) is 14.2. The van der Waals surface area contributed by atoms with Gasteiger partial charge in [0, 0.05) is 30.2 Å². The molecule has 0 saturated carbocycles. The maximum absolute atomic E-state index is 13.1. The van der Waals surface area contributed by atoms with Crippen LogP contribution in [0.3, 0.4) is 0 Å². The van der Waals surface area contributed by atoms with Gasteiger partial charge in [0.25, 0.3) is 5.91 Å². The summed E-state index contributed by atoms with van der Waals surface area (Å²) >= 11 is 0. The Bertz CT molecular complexity index is 1190. The highest BCUT2D eigenvalue weighted by Gasteiger charge is 2.27. The Morgan fingerprint density at radius 2 is 1.69 bits per heavy atom. The number of aromatic amines is 1. The van der Waals surface area contributed by atoms with E-state index in [0.29, 0.717) is 17.9 Å². The summed E-state index contributed by atoms with van der Waals surface area (Å²) in [6, 6.07) is 17.8. The number of benzene rings is 2. The molecule has 1 N–H and O–H groups in total. The van der Waals surface area contributed by atoms with E-state index in [0.717, 1.165) is 34.4 Å². The number of halogens is 1. The number of hydrogen-bond acceptors (Lipinski definition) is 3. The van der Waals surface area contributed by atoms with E-state index in [1.807, 2.05) is 24.3 Å². The second-order valence-electron chi connectivity index (χ2n) is 6.96. The number of nitrogens with zero attached hydrogens (tertiary/aromatic N) is 3. The summed E-state index contributed by atoms with van der Waals surface area (Å²) < 4.78 is 13.1. The largest absolute Gasteiger partial charge is 0.306 e. The molecule has 5 nitrogen and oxygen atoms in total. The van der Waals surface area contributed by atoms with Crippen LogP contribution in [0, 0.1) is 5.82 Å². The number of carbonyl (C=O) groups excluding carboxylic acids is 1. The third-order valence-electron chi connectivity index (χ3n) is 5.18. The average molecular weight is 384 g/mol. The summed E-state index contributed by atoms with van der Waals surface area (Å²) in [4.78, 5) is 18.9. The van der Waals surface area contributed by atoms with E-state index in [1.54, 1.807) is 35.5 Å². The molecule has 1 aliphatic heterocycles. The van der Waals surface area contributed by atoms with E-state index in [1.165, 1.54) is 12.1 Å². The van der Waals surface area contributed by atoms with Crippen LogP contribution in [0.5, 0.6) is 0 Å². The van der Waals surface area contributed by atoms with Gasteiger partial charge in [-0.2, -0.15) is 5.10 Å². The first-order valence-corrected chi connectivity index (χ1v) is 9.35. The first kappa shape index (κ1) is 17.3. The lowest BCUT2D eigenvalue weighted by molar-refractivity contribution is 0.0984. The minimum Gasteiger partial charge on any atom is -0.306 e. The van der Waals surface area contributed by atoms with Crippen molar-refractivity contribution < 1.29 is 9.18 Å². The van der Waals surface area contributed by atoms with Crippen molar-refractivity contribution in [2.75, 3.05) is 11.4 Å². The number of nitrogens with one attached hydrogen (secondary N) is 1. The molecular weight excluding hydrogens is 367 g/mol. The average Bonchev–Trinajstić information content (AvgIpc) is 3.42. The molecule has 0 spiro atoms. The topological polar surface area (TPSA) is 61.9 Å². The van der Waals surface area contributed by atoms with Crippen LogP contribution in [-0.4, -0.2) is 27.6 Å². The molecule has 2 aromatic heterocycles. The lowest BCUT2D eigenvalue weighted by Gasteiger charge is -2.16. The Labute approximate surface area is 166 Å². The summed E-state index contributed by atoms with van der Waals surface area (Å²) in [5.41, 5.74) is 6.06. The Hall–Kier alpha value is -3.80. The molecule has 0 saturated heterocycles. The molecule has 0 radical (unpaired) electrons. The van der Waals surface area contributed by atoms with E-state index in [9.17, 15) is 9.18 Å². The molecule has 0 unspecified atom stereocenters. The summed E-state index contributed by atoms with van der Waals surface area (Å²) in [5.74, 6) is -0.429. The fraction of sp³-hybridized carbons (Fsp3) is 0.0870. The molecule has 1 aliphatic rings. The van der Waals surface area contributed by atoms with Crippen LogP contribution in [0.25, 0.3) is 22.4 Å². The van der Waals surface area contributed by atoms with Crippen molar-refractivity contribution in [3.8, 4) is 22.4 Å². The lowest BCUT2D eigenvalue weighted by atomic mass is 10.0. The molecular formula is C23H17FN4O. The van der Waals surface area contributed by atoms with Crippen LogP contribution in [0.1, 0.15) is 16.1 Å². The van der Waals surface area contributed by atoms with Gasteiger partial charge in [-0.15, -0.1) is 0 Å². The van der Waals surface area contributed by atoms with Gasteiger partial charge in [-0.05, 0) is 77.7 Å². The van der Waals surface area contributed by atoms with Crippen molar-refractivity contribution in [3.63, 3.8) is 0 Å². The Morgan fingerprint density at radius 1 is 0.931 bits per heavy atom. The van der Waals surface area contributed by atoms with E-state index in [4.69, 9.17) is 0 Å². The third-order valence-corrected chi connectivity index (χ3v) is 5.18. The normalized spacial score (nSPS) is 12.8. The molecule has 0 fully saturated rings. The van der Waals surface area contributed by atoms with Gasteiger partial charge in [-0.25, -0.2) is 4.39 Å². The van der Waals surface area contributed by atoms with E-state index in [-0.39, 0.29) is 11.7 Å². The van der Waals surface area contributed by atoms with Crippen LogP contribution in [0.4, 0.5) is 10.1 Å². The highest BCUT2D eigenvalue weighted by Crippen LogP contribution is 2.33. The quantitative estimate of drug-likeness (QED) is 0.566. The molecule has 142 valence electrons. The highest BCUT2D eigenvalue weighted by atomic mass is 19.1. The standard InChI is InChI=1S/C23H17FN4O/c24-19-4-1-16(2-5-19)20-14-21(27-26-20)23(29)28-12-9-18-13-17(3-6-22(18)28)15-7-10-25-11-8-15/h1-8,10-11,13-14H,9,12H2,(H,26,27). The number of anilines is 1. The minimum atomic E-state index is -0.305. The molecule has 0 aliphatic carbocycles. The fourth-order valence-corrected chi connectivity index (χ4v) is 3.68. The van der Waals surface area contributed by atoms with Gasteiger partial charge in [0.15, 0.2) is 0 Å². The van der Waals surface area contributed by atoms with Gasteiger partial charge in [0.1, 0.15) is 11.5 Å². The molecule has 2 aromatic carbocycles. The summed E-state index contributed by atoms with van der Waals surface area (Å²) in [5, 5.41) is 7.04. The van der Waals surface area contributed by atoms with Crippen molar-refractivity contribution in [3.05, 3.63) is 90.1 Å². The van der Waals surface area contributed by atoms with Crippen LogP contribution >= 0.6 is 0 Å². The summed E-state index contributed by atoms with van der Waals surface area (Å²) in [6.45, 7) is 0.624. The summed E-state index contributed by atoms with van der Waals surface area (Å²) in [6.07, 6.45) is 4.35. The number of rotatable bonds is 3. The molecule has 0 bridgehead atoms. The Kier molecular flexibility index (Phi) is 4.17. The molecule has 29 heavy (non-hydrogen) atoms. The molecule has 0 atom stereocenters. The summed E-state index contributed by atoms with van der Waals surface area (Å²) in [7, 11) is 0. The van der Waals surface area contributed by atoms with Crippen molar-refractivity contribution >= 4 is 11.6 Å². The molecule has 3 heterocycles. The zero-order chi connectivity index (χ0) is 19.8. The number of hydrogen-bond donors (Lipinski definition) is 1. The number of H-pyrrole nitrogens is 1. The first-order valence-electron chi connectivity index (χ1n) is 9.35. The highest BCUT2D eigenvalue weighted by molar-refractivity contribution is 6.06. The fourth-order valence-electron chi connectivity index (χ4n) is 3.68. The minimum absolute atomic E-state index is 0.124. The maximum Gasteiger partial charge on any atom is 0.276 e. The number of aromatic nitrogens is 3. The molecule has 4 aromatic rings. The van der Waals surface area contributed by atoms with Gasteiger partial charge in [0.05, 0.1) is 5.69 Å². The predicted molar refractivity (Wildman–Crippen MR) is 109 cm³/mol. The van der Waals surface area contributed by atoms with Gasteiger partial charge in [-0.3, -0.25) is 14.9 Å². The lowest BCUT2D eigenvalue weighted by Crippen LogP contribution is -2.29. The molecule has 1 amide bonds. The van der Waals surface area contributed by atoms with Gasteiger partial charge in [0.2, 0.25) is 0 Å². The van der Waals surface area contributed by atoms with E-state index >= 15 is 0 Å². The van der Waals surface area contributed by atoms with E-state index in [2.05, 4.69) is 21.2 Å². The van der Waals surface area contributed by atoms with Crippen molar-refractivity contribution in [1.29, 1.82) is 0 Å². The van der Waals surface area contributed by atoms with E-state index < -0.39 is 0 Å². The van der Waals surface area contributed by atoms with Crippen molar-refractivity contribution in [1.82, 2.24) is 15.2 Å². The third kappa shape index (κ3) is 3.18. The second-order valence-corrected chi connectivity index (χ2v) is 6.96. The number of carbonyl (C=O) groups is 1. The zero-order valence-corrected chi connectivity index (χ0v) is 15.5. The van der Waals surface area contributed by atoms with Crippen LogP contribution in [0.2, 0.25) is 0 Å². The SMILES string of the molecule is O=C(c1cc(-c2ccc(F)cc2)n[nH]1)N1CCc2cc(-c3ccncc3)ccc21. The van der Waals surface area contributed by atoms with Gasteiger partial charge in [-0.1, -0.05) is 6.07 Å². The van der Waals surface area contributed by atoms with Crippen molar-refractivity contribution in [2.45, 2.75) is 6.42 Å². The predicted octanol–water partition coefficient (Wildman–Crippen LogP) is 4.48. The zero-order valence-electron chi connectivity index (χ0n) is 15.5. The number of amides is 1. The van der Waals surface area contributed by atoms with Gasteiger partial charge >= 0.3 is 0 Å². The number of pyridine rings is 1. The number of fused-ring (bicyclic) bond motifs is 1. The van der Waals surface area contributed by atoms with Crippen LogP contribution < -0.4 is 4.90 Å². The Morgan fingerprint density at radius 3 is 2.48 bits per heavy atom. The van der Waals surface area contributed by atoms with Crippen molar-refractivity contribution in [2.24, 2.45) is 0 Å². The molecule has 6 heteroatoms. The smallest absolute Gasteiger partial charge is 0.276 e. The van der Waals surface area contributed by atoms with Crippen LogP contribution in [-0.2, 0) is 6.42 Å². The maximum atomic E-state index is 13.1. The van der Waals surface area contributed by atoms with Gasteiger partial charge < -0.3 is 4.90 Å². The Balaban J connectivity index is 1.41.